The van der Waals surface area contributed by atoms with E-state index in [9.17, 15) is 14.4 Å². The molecule has 1 N–H and O–H groups in total. The van der Waals surface area contributed by atoms with Gasteiger partial charge in [0.2, 0.25) is 5.91 Å². The van der Waals surface area contributed by atoms with E-state index in [0.29, 0.717) is 35.2 Å². The number of urea groups is 1. The van der Waals surface area contributed by atoms with Crippen LogP contribution in [0.4, 0.5) is 16.2 Å². The van der Waals surface area contributed by atoms with Gasteiger partial charge in [0.1, 0.15) is 11.8 Å². The minimum Gasteiger partial charge on any atom is -0.494 e. The van der Waals surface area contributed by atoms with Crippen LogP contribution in [0.5, 0.6) is 17.2 Å². The molecule has 0 saturated carbocycles. The fraction of sp³-hybridized carbons (Fsp3) is 0.276. The zero-order valence-electron chi connectivity index (χ0n) is 21.7. The number of hydrogen-bond acceptors (Lipinski definition) is 6. The third-order valence-corrected chi connectivity index (χ3v) is 6.12. The molecule has 0 aromatic heterocycles. The molecule has 4 amide bonds. The maximum Gasteiger partial charge on any atom is 0.332 e. The van der Waals surface area contributed by atoms with Gasteiger partial charge in [-0.2, -0.15) is 0 Å². The van der Waals surface area contributed by atoms with Gasteiger partial charge in [0.25, 0.3) is 5.91 Å². The van der Waals surface area contributed by atoms with E-state index in [1.54, 1.807) is 79.9 Å². The molecule has 198 valence electrons. The van der Waals surface area contributed by atoms with Crippen LogP contribution in [0, 0.1) is 0 Å². The molecular formula is C29H31N3O6. The standard InChI is InChI=1S/C29H31N3O6/c1-4-16-38-23-13-11-21(12-14-23)30-27(33)18-24-28(34)32(22-8-6-5-7-9-22)29(35)31(24)19-20-10-15-25(36-2)26(17-20)37-3/h5-15,17,24H,4,16,18-19H2,1-3H3,(H,30,33)/t24-/m1/s1. The van der Waals surface area contributed by atoms with Crippen molar-refractivity contribution in [3.05, 3.63) is 78.4 Å². The molecule has 1 saturated heterocycles. The Hall–Kier alpha value is -4.53. The lowest BCUT2D eigenvalue weighted by Gasteiger charge is -2.22. The topological polar surface area (TPSA) is 97.4 Å². The minimum atomic E-state index is -0.983. The highest BCUT2D eigenvalue weighted by Crippen LogP contribution is 2.32. The largest absolute Gasteiger partial charge is 0.494 e. The molecule has 0 spiro atoms. The highest BCUT2D eigenvalue weighted by Gasteiger charge is 2.46. The Kier molecular flexibility index (Phi) is 8.47. The molecule has 9 nitrogen and oxygen atoms in total. The molecule has 0 unspecified atom stereocenters. The first kappa shape index (κ1) is 26.5. The van der Waals surface area contributed by atoms with Crippen LogP contribution in [0.15, 0.2) is 72.8 Å². The maximum absolute atomic E-state index is 13.5. The number of anilines is 2. The van der Waals surface area contributed by atoms with E-state index in [4.69, 9.17) is 14.2 Å². The first-order valence-corrected chi connectivity index (χ1v) is 12.4. The fourth-order valence-corrected chi connectivity index (χ4v) is 4.25. The van der Waals surface area contributed by atoms with Crippen LogP contribution in [0.3, 0.4) is 0 Å². The molecule has 3 aromatic carbocycles. The van der Waals surface area contributed by atoms with Crippen molar-refractivity contribution in [2.75, 3.05) is 31.0 Å². The lowest BCUT2D eigenvalue weighted by Crippen LogP contribution is -2.37. The molecular weight excluding hydrogens is 486 g/mol. The van der Waals surface area contributed by atoms with Crippen molar-refractivity contribution < 1.29 is 28.6 Å². The summed E-state index contributed by atoms with van der Waals surface area (Å²) in [6.07, 6.45) is 0.696. The van der Waals surface area contributed by atoms with Crippen LogP contribution in [-0.2, 0) is 16.1 Å². The molecule has 0 aliphatic carbocycles. The van der Waals surface area contributed by atoms with Crippen LogP contribution in [0.2, 0.25) is 0 Å². The van der Waals surface area contributed by atoms with E-state index in [1.165, 1.54) is 12.0 Å². The van der Waals surface area contributed by atoms with Gasteiger partial charge in [-0.25, -0.2) is 9.69 Å². The second-order valence-electron chi connectivity index (χ2n) is 8.75. The van der Waals surface area contributed by atoms with Gasteiger partial charge in [0.05, 0.1) is 32.9 Å². The SMILES string of the molecule is CCCOc1ccc(NC(=O)C[C@@H]2C(=O)N(c3ccccc3)C(=O)N2Cc2ccc(OC)c(OC)c2)cc1. The van der Waals surface area contributed by atoms with Crippen LogP contribution >= 0.6 is 0 Å². The number of benzene rings is 3. The summed E-state index contributed by atoms with van der Waals surface area (Å²) < 4.78 is 16.3. The lowest BCUT2D eigenvalue weighted by molar-refractivity contribution is -0.124. The minimum absolute atomic E-state index is 0.107. The van der Waals surface area contributed by atoms with Gasteiger partial charge in [-0.15, -0.1) is 0 Å². The third kappa shape index (κ3) is 5.88. The van der Waals surface area contributed by atoms with Gasteiger partial charge in [0.15, 0.2) is 11.5 Å². The van der Waals surface area contributed by atoms with Crippen LogP contribution < -0.4 is 24.4 Å². The van der Waals surface area contributed by atoms with Crippen LogP contribution in [-0.4, -0.2) is 49.6 Å². The molecule has 0 radical (unpaired) electrons. The molecule has 3 aromatic rings. The highest BCUT2D eigenvalue weighted by molar-refractivity contribution is 6.22. The molecule has 38 heavy (non-hydrogen) atoms. The Morgan fingerprint density at radius 2 is 1.63 bits per heavy atom. The molecule has 4 rings (SSSR count). The Morgan fingerprint density at radius 1 is 0.921 bits per heavy atom. The fourth-order valence-electron chi connectivity index (χ4n) is 4.25. The Bertz CT molecular complexity index is 1280. The number of methoxy groups -OCH3 is 2. The molecule has 1 aliphatic rings. The summed E-state index contributed by atoms with van der Waals surface area (Å²) >= 11 is 0. The van der Waals surface area contributed by atoms with Gasteiger partial charge >= 0.3 is 6.03 Å². The van der Waals surface area contributed by atoms with E-state index in [2.05, 4.69) is 5.32 Å². The number of amides is 4. The molecule has 1 fully saturated rings. The molecule has 0 bridgehead atoms. The Balaban J connectivity index is 1.55. The monoisotopic (exact) mass is 517 g/mol. The van der Waals surface area contributed by atoms with Crippen LogP contribution in [0.1, 0.15) is 25.3 Å². The first-order valence-electron chi connectivity index (χ1n) is 12.4. The van der Waals surface area contributed by atoms with Crippen molar-refractivity contribution in [1.29, 1.82) is 0 Å². The predicted molar refractivity (Wildman–Crippen MR) is 144 cm³/mol. The summed E-state index contributed by atoms with van der Waals surface area (Å²) in [7, 11) is 3.07. The van der Waals surface area contributed by atoms with Crippen molar-refractivity contribution >= 4 is 29.2 Å². The van der Waals surface area contributed by atoms with E-state index < -0.39 is 18.0 Å². The number of ether oxygens (including phenoxy) is 3. The van der Waals surface area contributed by atoms with Crippen molar-refractivity contribution in [2.45, 2.75) is 32.4 Å². The van der Waals surface area contributed by atoms with Gasteiger partial charge in [0, 0.05) is 12.2 Å². The molecule has 1 atom stereocenters. The predicted octanol–water partition coefficient (Wildman–Crippen LogP) is 4.86. The smallest absolute Gasteiger partial charge is 0.332 e. The number of carbonyl (C=O) groups excluding carboxylic acids is 3. The average Bonchev–Trinajstić information content (AvgIpc) is 3.16. The number of hydrogen-bond donors (Lipinski definition) is 1. The highest BCUT2D eigenvalue weighted by atomic mass is 16.5. The van der Waals surface area contributed by atoms with Crippen molar-refractivity contribution in [1.82, 2.24) is 4.90 Å². The molecule has 1 heterocycles. The number of rotatable bonds is 11. The van der Waals surface area contributed by atoms with Crippen LogP contribution in [0.25, 0.3) is 0 Å². The number of imide groups is 1. The van der Waals surface area contributed by atoms with Gasteiger partial charge < -0.3 is 24.4 Å². The van der Waals surface area contributed by atoms with Crippen molar-refractivity contribution in [2.24, 2.45) is 0 Å². The lowest BCUT2D eigenvalue weighted by atomic mass is 10.1. The first-order chi connectivity index (χ1) is 18.4. The zero-order valence-corrected chi connectivity index (χ0v) is 21.7. The number of nitrogens with one attached hydrogen (secondary N) is 1. The second-order valence-corrected chi connectivity index (χ2v) is 8.75. The second kappa shape index (κ2) is 12.1. The number of nitrogens with zero attached hydrogens (tertiary/aromatic N) is 2. The Labute approximate surface area is 221 Å². The van der Waals surface area contributed by atoms with Crippen molar-refractivity contribution in [3.63, 3.8) is 0 Å². The van der Waals surface area contributed by atoms with E-state index in [-0.39, 0.29) is 18.9 Å². The van der Waals surface area contributed by atoms with E-state index >= 15 is 0 Å². The van der Waals surface area contributed by atoms with E-state index in [0.717, 1.165) is 16.9 Å². The summed E-state index contributed by atoms with van der Waals surface area (Å²) in [5.74, 6) is 0.920. The third-order valence-electron chi connectivity index (χ3n) is 6.12. The average molecular weight is 518 g/mol. The van der Waals surface area contributed by atoms with E-state index in [1.807, 2.05) is 6.92 Å². The zero-order chi connectivity index (χ0) is 27.1. The van der Waals surface area contributed by atoms with Gasteiger partial charge in [-0.1, -0.05) is 31.2 Å². The normalized spacial score (nSPS) is 15.0. The maximum atomic E-state index is 13.5. The van der Waals surface area contributed by atoms with Crippen molar-refractivity contribution in [3.8, 4) is 17.2 Å². The summed E-state index contributed by atoms with van der Waals surface area (Å²) in [5, 5.41) is 2.82. The molecule has 9 heteroatoms. The molecule has 1 aliphatic heterocycles. The number of para-hydroxylation sites is 1. The quantitative estimate of drug-likeness (QED) is 0.365. The van der Waals surface area contributed by atoms with Gasteiger partial charge in [-0.05, 0) is 60.5 Å². The number of carbonyl (C=O) groups is 3. The summed E-state index contributed by atoms with van der Waals surface area (Å²) in [5.41, 5.74) is 1.75. The Morgan fingerprint density at radius 3 is 2.29 bits per heavy atom. The summed E-state index contributed by atoms with van der Waals surface area (Å²) in [6, 6.07) is 19.5. The summed E-state index contributed by atoms with van der Waals surface area (Å²) in [4.78, 5) is 42.6. The summed E-state index contributed by atoms with van der Waals surface area (Å²) in [6.45, 7) is 2.74. The van der Waals surface area contributed by atoms with Gasteiger partial charge in [-0.3, -0.25) is 9.59 Å².